The van der Waals surface area contributed by atoms with Crippen LogP contribution < -0.4 is 11.2 Å². The molecule has 2 atom stereocenters. The highest BCUT2D eigenvalue weighted by atomic mass is 16.7. The maximum Gasteiger partial charge on any atom is 0.266 e. The smallest absolute Gasteiger partial charge is 0.266 e. The van der Waals surface area contributed by atoms with E-state index in [4.69, 9.17) is 10.6 Å². The summed E-state index contributed by atoms with van der Waals surface area (Å²) in [5, 5.41) is 0. The van der Waals surface area contributed by atoms with Crippen LogP contribution >= 0.6 is 0 Å². The van der Waals surface area contributed by atoms with Crippen molar-refractivity contribution in [3.8, 4) is 0 Å². The summed E-state index contributed by atoms with van der Waals surface area (Å²) in [6.07, 6.45) is 1.96. The Balaban J connectivity index is 2.46. The van der Waals surface area contributed by atoms with Crippen molar-refractivity contribution in [1.82, 2.24) is 10.4 Å². The van der Waals surface area contributed by atoms with E-state index >= 15 is 0 Å². The first-order chi connectivity index (χ1) is 8.06. The summed E-state index contributed by atoms with van der Waals surface area (Å²) in [6.45, 7) is 4.46. The first-order valence-corrected chi connectivity index (χ1v) is 6.03. The fraction of sp³-hybridized carbons (Fsp3) is 0.818. The van der Waals surface area contributed by atoms with Crippen molar-refractivity contribution in [1.29, 1.82) is 0 Å². The maximum atomic E-state index is 11.8. The van der Waals surface area contributed by atoms with E-state index in [9.17, 15) is 9.59 Å². The Kier molecular flexibility index (Phi) is 5.37. The van der Waals surface area contributed by atoms with Gasteiger partial charge >= 0.3 is 0 Å². The molecular formula is C11H21N3O3. The third-order valence-corrected chi connectivity index (χ3v) is 2.73. The van der Waals surface area contributed by atoms with Gasteiger partial charge in [-0.2, -0.15) is 0 Å². The summed E-state index contributed by atoms with van der Waals surface area (Å²) >= 11 is 0. The van der Waals surface area contributed by atoms with Crippen molar-refractivity contribution >= 4 is 11.8 Å². The van der Waals surface area contributed by atoms with Gasteiger partial charge in [0.15, 0.2) is 0 Å². The van der Waals surface area contributed by atoms with Crippen molar-refractivity contribution in [2.45, 2.75) is 45.2 Å². The fourth-order valence-electron chi connectivity index (χ4n) is 1.90. The summed E-state index contributed by atoms with van der Waals surface area (Å²) in [7, 11) is 0. The molecule has 1 aliphatic rings. The number of hydrogen-bond acceptors (Lipinski definition) is 4. The van der Waals surface area contributed by atoms with Gasteiger partial charge in [-0.25, -0.2) is 5.48 Å². The van der Waals surface area contributed by atoms with E-state index in [-0.39, 0.29) is 24.5 Å². The highest BCUT2D eigenvalue weighted by Gasteiger charge is 2.32. The Morgan fingerprint density at radius 2 is 2.41 bits per heavy atom. The number of nitrogens with one attached hydrogen (secondary N) is 1. The number of nitrogens with zero attached hydrogens (tertiary/aromatic N) is 1. The molecule has 0 aromatic rings. The fourth-order valence-corrected chi connectivity index (χ4v) is 1.90. The van der Waals surface area contributed by atoms with Crippen LogP contribution in [0.2, 0.25) is 0 Å². The van der Waals surface area contributed by atoms with Gasteiger partial charge < -0.3 is 10.6 Å². The molecule has 0 aromatic carbocycles. The SMILES string of the molecule is CCN1C(=O)CCC[C@H]1C(=O)NOC[C@H](C)N. The Hall–Kier alpha value is -1.14. The minimum atomic E-state index is -0.408. The molecule has 0 unspecified atom stereocenters. The molecule has 0 spiro atoms. The molecule has 1 aliphatic heterocycles. The van der Waals surface area contributed by atoms with Crippen LogP contribution in [0.25, 0.3) is 0 Å². The average molecular weight is 243 g/mol. The molecule has 17 heavy (non-hydrogen) atoms. The number of hydrogen-bond donors (Lipinski definition) is 2. The molecule has 2 amide bonds. The van der Waals surface area contributed by atoms with E-state index in [0.29, 0.717) is 19.4 Å². The van der Waals surface area contributed by atoms with Gasteiger partial charge in [0.05, 0.1) is 6.61 Å². The summed E-state index contributed by atoms with van der Waals surface area (Å²) < 4.78 is 0. The number of amides is 2. The van der Waals surface area contributed by atoms with Crippen LogP contribution in [0.5, 0.6) is 0 Å². The predicted octanol–water partition coefficient (Wildman–Crippen LogP) is -0.218. The molecule has 0 aromatic heterocycles. The normalized spacial score (nSPS) is 22.4. The molecule has 6 nitrogen and oxygen atoms in total. The summed E-state index contributed by atoms with van der Waals surface area (Å²) in [5.41, 5.74) is 7.85. The van der Waals surface area contributed by atoms with Gasteiger partial charge in [-0.1, -0.05) is 0 Å². The summed E-state index contributed by atoms with van der Waals surface area (Å²) in [5.74, 6) is -0.230. The first-order valence-electron chi connectivity index (χ1n) is 6.03. The third-order valence-electron chi connectivity index (χ3n) is 2.73. The number of rotatable bonds is 5. The van der Waals surface area contributed by atoms with Gasteiger partial charge in [0.2, 0.25) is 5.91 Å². The Bertz CT molecular complexity index is 281. The van der Waals surface area contributed by atoms with Crippen molar-refractivity contribution in [3.63, 3.8) is 0 Å². The zero-order chi connectivity index (χ0) is 12.8. The van der Waals surface area contributed by atoms with E-state index in [0.717, 1.165) is 6.42 Å². The molecule has 1 rings (SSSR count). The van der Waals surface area contributed by atoms with Crippen LogP contribution in [0.15, 0.2) is 0 Å². The summed E-state index contributed by atoms with van der Waals surface area (Å²) in [6, 6.07) is -0.542. The second-order valence-corrected chi connectivity index (χ2v) is 4.34. The Labute approximate surface area is 101 Å². The minimum absolute atomic E-state index is 0.0334. The maximum absolute atomic E-state index is 11.8. The Morgan fingerprint density at radius 1 is 1.71 bits per heavy atom. The van der Waals surface area contributed by atoms with Crippen LogP contribution in [-0.2, 0) is 14.4 Å². The topological polar surface area (TPSA) is 84.7 Å². The van der Waals surface area contributed by atoms with E-state index in [2.05, 4.69) is 5.48 Å². The number of piperidine rings is 1. The molecule has 1 fully saturated rings. The van der Waals surface area contributed by atoms with Gasteiger partial charge in [0.1, 0.15) is 6.04 Å². The quantitative estimate of drug-likeness (QED) is 0.654. The Morgan fingerprint density at radius 3 is 3.00 bits per heavy atom. The molecule has 1 heterocycles. The number of hydroxylamine groups is 1. The molecule has 6 heteroatoms. The number of carbonyl (C=O) groups is 2. The lowest BCUT2D eigenvalue weighted by Crippen LogP contribution is -2.52. The number of carbonyl (C=O) groups excluding carboxylic acids is 2. The van der Waals surface area contributed by atoms with Crippen LogP contribution in [0.3, 0.4) is 0 Å². The highest BCUT2D eigenvalue weighted by molar-refractivity contribution is 5.88. The molecule has 98 valence electrons. The van der Waals surface area contributed by atoms with Gasteiger partial charge in [0.25, 0.3) is 5.91 Å². The zero-order valence-electron chi connectivity index (χ0n) is 10.4. The minimum Gasteiger partial charge on any atom is -0.331 e. The third kappa shape index (κ3) is 3.98. The monoisotopic (exact) mass is 243 g/mol. The second-order valence-electron chi connectivity index (χ2n) is 4.34. The molecule has 0 aliphatic carbocycles. The van der Waals surface area contributed by atoms with Crippen molar-refractivity contribution in [2.75, 3.05) is 13.2 Å². The van der Waals surface area contributed by atoms with E-state index in [1.54, 1.807) is 11.8 Å². The van der Waals surface area contributed by atoms with Crippen molar-refractivity contribution in [2.24, 2.45) is 5.73 Å². The van der Waals surface area contributed by atoms with Gasteiger partial charge in [-0.05, 0) is 26.7 Å². The van der Waals surface area contributed by atoms with E-state index < -0.39 is 6.04 Å². The van der Waals surface area contributed by atoms with Crippen LogP contribution in [-0.4, -0.2) is 41.9 Å². The molecule has 1 saturated heterocycles. The number of nitrogens with two attached hydrogens (primary N) is 1. The molecule has 3 N–H and O–H groups in total. The van der Waals surface area contributed by atoms with Gasteiger partial charge in [-0.15, -0.1) is 0 Å². The summed E-state index contributed by atoms with van der Waals surface area (Å²) in [4.78, 5) is 30.0. The zero-order valence-corrected chi connectivity index (χ0v) is 10.4. The first kappa shape index (κ1) is 13.9. The van der Waals surface area contributed by atoms with Crippen LogP contribution in [0.4, 0.5) is 0 Å². The lowest BCUT2D eigenvalue weighted by molar-refractivity contribution is -0.149. The predicted molar refractivity (Wildman–Crippen MR) is 62.8 cm³/mol. The molecular weight excluding hydrogens is 222 g/mol. The lowest BCUT2D eigenvalue weighted by Gasteiger charge is -2.33. The molecule has 0 saturated carbocycles. The molecule has 0 radical (unpaired) electrons. The van der Waals surface area contributed by atoms with Crippen LogP contribution in [0, 0.1) is 0 Å². The number of likely N-dealkylation sites (tertiary alicyclic amines) is 1. The average Bonchev–Trinajstić information content (AvgIpc) is 2.28. The van der Waals surface area contributed by atoms with Crippen LogP contribution in [0.1, 0.15) is 33.1 Å². The molecule has 0 bridgehead atoms. The van der Waals surface area contributed by atoms with Gasteiger partial charge in [0, 0.05) is 19.0 Å². The van der Waals surface area contributed by atoms with Gasteiger partial charge in [-0.3, -0.25) is 14.4 Å². The lowest BCUT2D eigenvalue weighted by atomic mass is 10.0. The van der Waals surface area contributed by atoms with Crippen molar-refractivity contribution in [3.05, 3.63) is 0 Å². The largest absolute Gasteiger partial charge is 0.331 e. The van der Waals surface area contributed by atoms with E-state index in [1.165, 1.54) is 0 Å². The number of likely N-dealkylation sites (N-methyl/N-ethyl adjacent to an activating group) is 1. The standard InChI is InChI=1S/C11H21N3O3/c1-3-14-9(5-4-6-10(14)15)11(16)13-17-7-8(2)12/h8-9H,3-7,12H2,1-2H3,(H,13,16)/t8-,9-/m0/s1. The second kappa shape index (κ2) is 6.56. The van der Waals surface area contributed by atoms with Crippen molar-refractivity contribution < 1.29 is 14.4 Å². The highest BCUT2D eigenvalue weighted by Crippen LogP contribution is 2.17. The van der Waals surface area contributed by atoms with E-state index in [1.807, 2.05) is 6.92 Å².